The lowest BCUT2D eigenvalue weighted by molar-refractivity contribution is -0.142. The monoisotopic (exact) mass is 594 g/mol. The van der Waals surface area contributed by atoms with Gasteiger partial charge in [-0.2, -0.15) is 10.4 Å². The van der Waals surface area contributed by atoms with Gasteiger partial charge in [-0.1, -0.05) is 6.42 Å². The normalized spacial score (nSPS) is 20.6. The van der Waals surface area contributed by atoms with Gasteiger partial charge in [0.15, 0.2) is 0 Å². The second kappa shape index (κ2) is 12.3. The average Bonchev–Trinajstić information content (AvgIpc) is 3.43. The van der Waals surface area contributed by atoms with Crippen molar-refractivity contribution in [1.82, 2.24) is 19.7 Å². The summed E-state index contributed by atoms with van der Waals surface area (Å²) in [5.41, 5.74) is 4.81. The Morgan fingerprint density at radius 3 is 2.55 bits per heavy atom. The van der Waals surface area contributed by atoms with Gasteiger partial charge < -0.3 is 24.6 Å². The highest BCUT2D eigenvalue weighted by molar-refractivity contribution is 5.96. The van der Waals surface area contributed by atoms with Gasteiger partial charge in [-0.3, -0.25) is 0 Å². The van der Waals surface area contributed by atoms with Crippen LogP contribution >= 0.6 is 0 Å². The van der Waals surface area contributed by atoms with Crippen LogP contribution in [0.2, 0.25) is 0 Å². The number of ether oxygens (including phenoxy) is 2. The average molecular weight is 595 g/mol. The van der Waals surface area contributed by atoms with Crippen LogP contribution in [-0.4, -0.2) is 77.8 Å². The van der Waals surface area contributed by atoms with Gasteiger partial charge in [0.25, 0.3) is 0 Å². The molecule has 1 saturated carbocycles. The van der Waals surface area contributed by atoms with Crippen LogP contribution in [-0.2, 0) is 14.3 Å². The number of esters is 1. The first kappa shape index (κ1) is 28.3. The van der Waals surface area contributed by atoms with E-state index in [1.54, 1.807) is 0 Å². The molecule has 1 N–H and O–H groups in total. The van der Waals surface area contributed by atoms with Crippen LogP contribution in [0.15, 0.2) is 42.7 Å². The summed E-state index contributed by atoms with van der Waals surface area (Å²) in [6.07, 6.45) is 10.8. The summed E-state index contributed by atoms with van der Waals surface area (Å²) < 4.78 is 13.0. The molecule has 0 amide bonds. The zero-order valence-corrected chi connectivity index (χ0v) is 25.1. The molecular weight excluding hydrogens is 556 g/mol. The highest BCUT2D eigenvalue weighted by Gasteiger charge is 2.36. The number of pyridine rings is 2. The Kier molecular flexibility index (Phi) is 7.91. The van der Waals surface area contributed by atoms with Crippen molar-refractivity contribution in [1.29, 1.82) is 5.26 Å². The van der Waals surface area contributed by atoms with E-state index in [2.05, 4.69) is 44.4 Å². The number of nitriles is 1. The fraction of sp³-hybridized carbons (Fsp3) is 0.485. The first-order valence-electron chi connectivity index (χ1n) is 15.8. The Bertz CT molecular complexity index is 1580. The highest BCUT2D eigenvalue weighted by Crippen LogP contribution is 2.46. The number of carbonyl (C=O) groups excluding carboxylic acids is 1. The van der Waals surface area contributed by atoms with E-state index in [0.717, 1.165) is 97.4 Å². The molecule has 6 heterocycles. The maximum absolute atomic E-state index is 13.2. The second-order valence-corrected chi connectivity index (χ2v) is 11.9. The molecule has 1 unspecified atom stereocenters. The molecule has 11 nitrogen and oxygen atoms in total. The number of carbonyl (C=O) groups is 1. The molecule has 3 aromatic heterocycles. The van der Waals surface area contributed by atoms with E-state index in [0.29, 0.717) is 25.7 Å². The fourth-order valence-corrected chi connectivity index (χ4v) is 6.50. The zero-order chi connectivity index (χ0) is 30.0. The molecular formula is C33H38N8O3. The number of anilines is 3. The standard InChI is InChI=1S/C33H38N8O3/c1-2-44-33(42)27-19-26(24-6-7-28(36-21-24)39-12-9-22(20-34)10-13-39)30-31(23-4-3-5-23)38-41(32(30)37-27)25-8-11-35-29(18-25)40-14-16-43-17-15-40/h6-8,11,18-19,21-23,27,37H,2-5,9-10,12-17H2,1H3. The van der Waals surface area contributed by atoms with E-state index in [4.69, 9.17) is 19.6 Å². The van der Waals surface area contributed by atoms with E-state index < -0.39 is 6.04 Å². The molecule has 7 rings (SSSR count). The van der Waals surface area contributed by atoms with Gasteiger partial charge in [0.1, 0.15) is 23.5 Å². The van der Waals surface area contributed by atoms with Crippen molar-refractivity contribution in [2.45, 2.75) is 51.0 Å². The molecule has 0 radical (unpaired) electrons. The number of aromatic nitrogens is 4. The van der Waals surface area contributed by atoms with Crippen molar-refractivity contribution >= 4 is 29.0 Å². The summed E-state index contributed by atoms with van der Waals surface area (Å²) in [4.78, 5) is 27.2. The van der Waals surface area contributed by atoms with Crippen LogP contribution in [0.25, 0.3) is 11.3 Å². The second-order valence-electron chi connectivity index (χ2n) is 11.9. The van der Waals surface area contributed by atoms with Gasteiger partial charge >= 0.3 is 5.97 Å². The van der Waals surface area contributed by atoms with E-state index in [9.17, 15) is 10.1 Å². The SMILES string of the molecule is CCOC(=O)C1C=C(c2ccc(N3CCC(C#N)CC3)nc2)c2c(C3CCC3)nn(-c3ccnc(N4CCOCC4)c3)c2N1. The molecule has 3 aromatic rings. The molecule has 0 bridgehead atoms. The van der Waals surface area contributed by atoms with Crippen molar-refractivity contribution in [3.8, 4) is 11.8 Å². The lowest BCUT2D eigenvalue weighted by atomic mass is 9.79. The van der Waals surface area contributed by atoms with Crippen molar-refractivity contribution in [2.75, 3.05) is 61.1 Å². The smallest absolute Gasteiger partial charge is 0.332 e. The summed E-state index contributed by atoms with van der Waals surface area (Å²) in [6, 6.07) is 9.90. The van der Waals surface area contributed by atoms with Crippen LogP contribution in [0.1, 0.15) is 61.8 Å². The lowest BCUT2D eigenvalue weighted by Gasteiger charge is -2.30. The van der Waals surface area contributed by atoms with Crippen molar-refractivity contribution in [2.24, 2.45) is 5.92 Å². The van der Waals surface area contributed by atoms with Crippen LogP contribution < -0.4 is 15.1 Å². The first-order chi connectivity index (χ1) is 21.6. The predicted molar refractivity (Wildman–Crippen MR) is 167 cm³/mol. The van der Waals surface area contributed by atoms with Crippen LogP contribution in [0.5, 0.6) is 0 Å². The molecule has 0 spiro atoms. The summed E-state index contributed by atoms with van der Waals surface area (Å²) in [5.74, 6) is 2.71. The van der Waals surface area contributed by atoms with Crippen LogP contribution in [0.3, 0.4) is 0 Å². The topological polar surface area (TPSA) is 121 Å². The number of fused-ring (bicyclic) bond motifs is 1. The van der Waals surface area contributed by atoms with Gasteiger partial charge in [-0.05, 0) is 62.5 Å². The Labute approximate surface area is 257 Å². The molecule has 3 fully saturated rings. The van der Waals surface area contributed by atoms with Gasteiger partial charge in [0, 0.05) is 67.6 Å². The van der Waals surface area contributed by atoms with Crippen molar-refractivity contribution in [3.05, 3.63) is 59.6 Å². The van der Waals surface area contributed by atoms with Crippen LogP contribution in [0.4, 0.5) is 17.5 Å². The summed E-state index contributed by atoms with van der Waals surface area (Å²) in [7, 11) is 0. The Hall–Kier alpha value is -4.43. The number of nitrogens with one attached hydrogen (secondary N) is 1. The number of hydrogen-bond acceptors (Lipinski definition) is 10. The molecule has 4 aliphatic rings. The number of piperidine rings is 1. The Morgan fingerprint density at radius 2 is 1.86 bits per heavy atom. The molecule has 0 aromatic carbocycles. The van der Waals surface area contributed by atoms with E-state index >= 15 is 0 Å². The minimum Gasteiger partial charge on any atom is -0.464 e. The maximum atomic E-state index is 13.2. The molecule has 1 aliphatic carbocycles. The Morgan fingerprint density at radius 1 is 1.07 bits per heavy atom. The third-order valence-corrected chi connectivity index (χ3v) is 9.21. The maximum Gasteiger partial charge on any atom is 0.332 e. The number of hydrogen-bond donors (Lipinski definition) is 1. The zero-order valence-electron chi connectivity index (χ0n) is 25.1. The van der Waals surface area contributed by atoms with Crippen molar-refractivity contribution < 1.29 is 14.3 Å². The molecule has 2 saturated heterocycles. The predicted octanol–water partition coefficient (Wildman–Crippen LogP) is 4.30. The third kappa shape index (κ3) is 5.39. The molecule has 1 atom stereocenters. The lowest BCUT2D eigenvalue weighted by Crippen LogP contribution is -2.36. The minimum atomic E-state index is -0.674. The quantitative estimate of drug-likeness (QED) is 0.397. The largest absolute Gasteiger partial charge is 0.464 e. The minimum absolute atomic E-state index is 0.121. The summed E-state index contributed by atoms with van der Waals surface area (Å²) in [5, 5.41) is 18.0. The number of nitrogens with zero attached hydrogens (tertiary/aromatic N) is 7. The summed E-state index contributed by atoms with van der Waals surface area (Å²) >= 11 is 0. The third-order valence-electron chi connectivity index (χ3n) is 9.21. The molecule has 228 valence electrons. The van der Waals surface area contributed by atoms with Crippen molar-refractivity contribution in [3.63, 3.8) is 0 Å². The van der Waals surface area contributed by atoms with E-state index in [1.807, 2.05) is 36.1 Å². The number of rotatable bonds is 7. The summed E-state index contributed by atoms with van der Waals surface area (Å²) in [6.45, 7) is 6.69. The first-order valence-corrected chi connectivity index (χ1v) is 15.8. The van der Waals surface area contributed by atoms with Crippen LogP contribution in [0, 0.1) is 17.2 Å². The van der Waals surface area contributed by atoms with Gasteiger partial charge in [-0.25, -0.2) is 19.4 Å². The van der Waals surface area contributed by atoms with Gasteiger partial charge in [0.05, 0.1) is 37.3 Å². The van der Waals surface area contributed by atoms with E-state index in [-0.39, 0.29) is 11.9 Å². The Balaban J connectivity index is 1.29. The molecule has 3 aliphatic heterocycles. The fourth-order valence-electron chi connectivity index (χ4n) is 6.50. The van der Waals surface area contributed by atoms with E-state index in [1.165, 1.54) is 6.42 Å². The molecule has 11 heteroatoms. The van der Waals surface area contributed by atoms with Gasteiger partial charge in [0.2, 0.25) is 0 Å². The molecule has 44 heavy (non-hydrogen) atoms. The highest BCUT2D eigenvalue weighted by atomic mass is 16.5. The van der Waals surface area contributed by atoms with Gasteiger partial charge in [-0.15, -0.1) is 0 Å². The number of morpholine rings is 1.